The number of aromatic nitrogens is 2. The predicted molar refractivity (Wildman–Crippen MR) is 69.5 cm³/mol. The van der Waals surface area contributed by atoms with E-state index in [0.29, 0.717) is 12.3 Å². The monoisotopic (exact) mass is 262 g/mol. The van der Waals surface area contributed by atoms with Crippen LogP contribution in [0, 0.1) is 17.8 Å². The van der Waals surface area contributed by atoms with Crippen molar-refractivity contribution in [2.45, 2.75) is 63.4 Å². The van der Waals surface area contributed by atoms with Crippen LogP contribution in [0.2, 0.25) is 0 Å². The highest BCUT2D eigenvalue weighted by Gasteiger charge is 2.53. The van der Waals surface area contributed by atoms with Crippen molar-refractivity contribution in [3.63, 3.8) is 0 Å². The Balaban J connectivity index is 1.62. The van der Waals surface area contributed by atoms with Gasteiger partial charge in [-0.25, -0.2) is 0 Å². The molecule has 1 atom stereocenters. The zero-order chi connectivity index (χ0) is 13.0. The van der Waals surface area contributed by atoms with E-state index in [1.807, 2.05) is 0 Å². The molecule has 19 heavy (non-hydrogen) atoms. The highest BCUT2D eigenvalue weighted by atomic mass is 16.5. The molecular weight excluding hydrogens is 240 g/mol. The summed E-state index contributed by atoms with van der Waals surface area (Å²) in [5.41, 5.74) is 0.204. The summed E-state index contributed by atoms with van der Waals surface area (Å²) in [6, 6.07) is 0. The summed E-state index contributed by atoms with van der Waals surface area (Å²) in [7, 11) is 0. The Labute approximate surface area is 113 Å². The standard InChI is InChI=1S/C15H22N2O2/c1-9(18)2-13-16-14(17-19-13)15-6-10-3-11(7-15)5-12(4-10)8-15/h9-12,18H,2-8H2,1H3. The van der Waals surface area contributed by atoms with Crippen molar-refractivity contribution in [3.05, 3.63) is 11.7 Å². The van der Waals surface area contributed by atoms with E-state index in [0.717, 1.165) is 23.6 Å². The second-order valence-electron chi connectivity index (χ2n) is 7.26. The molecule has 4 aliphatic rings. The molecular formula is C15H22N2O2. The Bertz CT molecular complexity index is 445. The van der Waals surface area contributed by atoms with Crippen molar-refractivity contribution in [2.24, 2.45) is 17.8 Å². The van der Waals surface area contributed by atoms with E-state index in [9.17, 15) is 5.11 Å². The predicted octanol–water partition coefficient (Wildman–Crippen LogP) is 2.46. The number of aliphatic hydroxyl groups is 1. The zero-order valence-corrected chi connectivity index (χ0v) is 11.5. The number of aliphatic hydroxyl groups excluding tert-OH is 1. The van der Waals surface area contributed by atoms with E-state index in [4.69, 9.17) is 4.52 Å². The van der Waals surface area contributed by atoms with Gasteiger partial charge in [0.2, 0.25) is 5.89 Å². The molecule has 0 spiro atoms. The largest absolute Gasteiger partial charge is 0.393 e. The number of hydrogen-bond donors (Lipinski definition) is 1. The van der Waals surface area contributed by atoms with Crippen LogP contribution in [-0.4, -0.2) is 21.4 Å². The summed E-state index contributed by atoms with van der Waals surface area (Å²) in [6.45, 7) is 1.76. The summed E-state index contributed by atoms with van der Waals surface area (Å²) in [6.07, 6.45) is 8.11. The van der Waals surface area contributed by atoms with Gasteiger partial charge in [0.1, 0.15) is 0 Å². The van der Waals surface area contributed by atoms with Crippen molar-refractivity contribution in [1.82, 2.24) is 10.1 Å². The van der Waals surface area contributed by atoms with Gasteiger partial charge in [-0.1, -0.05) is 5.16 Å². The van der Waals surface area contributed by atoms with Crippen LogP contribution in [0.4, 0.5) is 0 Å². The molecule has 0 saturated heterocycles. The van der Waals surface area contributed by atoms with E-state index >= 15 is 0 Å². The summed E-state index contributed by atoms with van der Waals surface area (Å²) >= 11 is 0. The second-order valence-corrected chi connectivity index (χ2v) is 7.26. The molecule has 0 radical (unpaired) electrons. The van der Waals surface area contributed by atoms with Gasteiger partial charge >= 0.3 is 0 Å². The minimum absolute atomic E-state index is 0.204. The molecule has 0 amide bonds. The van der Waals surface area contributed by atoms with Gasteiger partial charge in [-0.05, 0) is 63.2 Å². The summed E-state index contributed by atoms with van der Waals surface area (Å²) < 4.78 is 5.34. The first-order valence-corrected chi connectivity index (χ1v) is 7.64. The van der Waals surface area contributed by atoms with E-state index in [2.05, 4.69) is 10.1 Å². The maximum absolute atomic E-state index is 9.42. The molecule has 1 heterocycles. The van der Waals surface area contributed by atoms with Gasteiger partial charge in [-0.15, -0.1) is 0 Å². The highest BCUT2D eigenvalue weighted by molar-refractivity contribution is 5.16. The van der Waals surface area contributed by atoms with Crippen LogP contribution < -0.4 is 0 Å². The Morgan fingerprint density at radius 1 is 1.21 bits per heavy atom. The molecule has 4 heteroatoms. The third kappa shape index (κ3) is 1.92. The summed E-state index contributed by atoms with van der Waals surface area (Å²) in [4.78, 5) is 4.60. The molecule has 4 bridgehead atoms. The van der Waals surface area contributed by atoms with Crippen LogP contribution in [0.1, 0.15) is 57.2 Å². The van der Waals surface area contributed by atoms with Gasteiger partial charge in [-0.3, -0.25) is 0 Å². The maximum atomic E-state index is 9.42. The van der Waals surface area contributed by atoms with Crippen LogP contribution in [0.5, 0.6) is 0 Å². The van der Waals surface area contributed by atoms with Crippen LogP contribution in [0.15, 0.2) is 4.52 Å². The molecule has 104 valence electrons. The molecule has 0 aromatic carbocycles. The third-order valence-electron chi connectivity index (χ3n) is 5.45. The maximum Gasteiger partial charge on any atom is 0.229 e. The molecule has 4 aliphatic carbocycles. The lowest BCUT2D eigenvalue weighted by molar-refractivity contribution is -0.0103. The minimum Gasteiger partial charge on any atom is -0.393 e. The van der Waals surface area contributed by atoms with E-state index in [-0.39, 0.29) is 5.41 Å². The molecule has 1 aromatic rings. The topological polar surface area (TPSA) is 59.2 Å². The zero-order valence-electron chi connectivity index (χ0n) is 11.5. The first kappa shape index (κ1) is 11.9. The molecule has 4 nitrogen and oxygen atoms in total. The smallest absolute Gasteiger partial charge is 0.229 e. The molecule has 5 rings (SSSR count). The molecule has 4 fully saturated rings. The fourth-order valence-corrected chi connectivity index (χ4v) is 5.19. The van der Waals surface area contributed by atoms with Crippen LogP contribution in [0.25, 0.3) is 0 Å². The number of rotatable bonds is 3. The SMILES string of the molecule is CC(O)Cc1nc(C23CC4CC(CC(C4)C2)C3)no1. The average molecular weight is 262 g/mol. The van der Waals surface area contributed by atoms with Gasteiger partial charge in [0, 0.05) is 5.41 Å². The van der Waals surface area contributed by atoms with Gasteiger partial charge in [0.25, 0.3) is 0 Å². The second kappa shape index (κ2) is 4.05. The molecule has 1 N–H and O–H groups in total. The summed E-state index contributed by atoms with van der Waals surface area (Å²) in [5, 5.41) is 13.7. The lowest BCUT2D eigenvalue weighted by Gasteiger charge is -2.55. The van der Waals surface area contributed by atoms with E-state index in [1.165, 1.54) is 38.5 Å². The van der Waals surface area contributed by atoms with E-state index in [1.54, 1.807) is 6.92 Å². The average Bonchev–Trinajstić information content (AvgIpc) is 2.75. The van der Waals surface area contributed by atoms with Gasteiger partial charge in [0.05, 0.1) is 12.5 Å². The van der Waals surface area contributed by atoms with Crippen molar-refractivity contribution < 1.29 is 9.63 Å². The minimum atomic E-state index is -0.412. The van der Waals surface area contributed by atoms with Gasteiger partial charge in [-0.2, -0.15) is 4.98 Å². The summed E-state index contributed by atoms with van der Waals surface area (Å²) in [5.74, 6) is 4.21. The Kier molecular flexibility index (Phi) is 2.53. The highest BCUT2D eigenvalue weighted by Crippen LogP contribution is 2.60. The fourth-order valence-electron chi connectivity index (χ4n) is 5.19. The van der Waals surface area contributed by atoms with Crippen molar-refractivity contribution >= 4 is 0 Å². The van der Waals surface area contributed by atoms with Crippen LogP contribution in [-0.2, 0) is 11.8 Å². The molecule has 0 aliphatic heterocycles. The Morgan fingerprint density at radius 2 is 1.79 bits per heavy atom. The van der Waals surface area contributed by atoms with Crippen LogP contribution in [0.3, 0.4) is 0 Å². The van der Waals surface area contributed by atoms with Crippen molar-refractivity contribution in [3.8, 4) is 0 Å². The quantitative estimate of drug-likeness (QED) is 0.909. The van der Waals surface area contributed by atoms with E-state index < -0.39 is 6.10 Å². The first-order valence-electron chi connectivity index (χ1n) is 7.64. The van der Waals surface area contributed by atoms with Crippen molar-refractivity contribution in [1.29, 1.82) is 0 Å². The lowest BCUT2D eigenvalue weighted by Crippen LogP contribution is -2.49. The van der Waals surface area contributed by atoms with Gasteiger partial charge < -0.3 is 9.63 Å². The third-order valence-corrected chi connectivity index (χ3v) is 5.45. The molecule has 1 unspecified atom stereocenters. The Hall–Kier alpha value is -0.900. The Morgan fingerprint density at radius 3 is 2.32 bits per heavy atom. The van der Waals surface area contributed by atoms with Gasteiger partial charge in [0.15, 0.2) is 5.82 Å². The molecule has 4 saturated carbocycles. The molecule has 1 aromatic heterocycles. The van der Waals surface area contributed by atoms with Crippen molar-refractivity contribution in [2.75, 3.05) is 0 Å². The van der Waals surface area contributed by atoms with Crippen LogP contribution >= 0.6 is 0 Å². The lowest BCUT2D eigenvalue weighted by atomic mass is 9.49. The first-order chi connectivity index (χ1) is 9.13. The number of nitrogens with zero attached hydrogens (tertiary/aromatic N) is 2. The fraction of sp³-hybridized carbons (Fsp3) is 0.867. The number of hydrogen-bond acceptors (Lipinski definition) is 4. The normalized spacial score (nSPS) is 41.7.